The van der Waals surface area contributed by atoms with Gasteiger partial charge in [0.1, 0.15) is 5.72 Å². The molecule has 1 aliphatic rings. The van der Waals surface area contributed by atoms with Crippen LogP contribution in [0.25, 0.3) is 0 Å². The molecule has 0 unspecified atom stereocenters. The van der Waals surface area contributed by atoms with Crippen LogP contribution in [-0.2, 0) is 9.53 Å². The minimum absolute atomic E-state index is 0.132. The van der Waals surface area contributed by atoms with E-state index in [2.05, 4.69) is 4.90 Å². The van der Waals surface area contributed by atoms with Gasteiger partial charge in [-0.25, -0.2) is 0 Å². The van der Waals surface area contributed by atoms with Gasteiger partial charge in [0.2, 0.25) is 0 Å². The standard InChI is InChI=1S/C14H27NO3/c1-13(2,3)12(16)18-10-11-6-8-15(9-7-11)14(4,5)17/h11,17H,6-10H2,1-5H3. The van der Waals surface area contributed by atoms with Gasteiger partial charge in [-0.1, -0.05) is 0 Å². The number of rotatable bonds is 3. The van der Waals surface area contributed by atoms with Crippen molar-refractivity contribution in [1.82, 2.24) is 4.90 Å². The van der Waals surface area contributed by atoms with Crippen LogP contribution in [0.5, 0.6) is 0 Å². The molecular weight excluding hydrogens is 230 g/mol. The van der Waals surface area contributed by atoms with Crippen molar-refractivity contribution in [3.8, 4) is 0 Å². The van der Waals surface area contributed by atoms with E-state index in [0.717, 1.165) is 25.9 Å². The van der Waals surface area contributed by atoms with Crippen molar-refractivity contribution >= 4 is 5.97 Å². The van der Waals surface area contributed by atoms with Crippen LogP contribution in [0, 0.1) is 11.3 Å². The molecule has 0 radical (unpaired) electrons. The van der Waals surface area contributed by atoms with E-state index in [1.54, 1.807) is 0 Å². The zero-order valence-electron chi connectivity index (χ0n) is 12.3. The summed E-state index contributed by atoms with van der Waals surface area (Å²) in [4.78, 5) is 13.7. The molecule has 0 bridgehead atoms. The van der Waals surface area contributed by atoms with Gasteiger partial charge in [0, 0.05) is 13.1 Å². The van der Waals surface area contributed by atoms with Crippen LogP contribution < -0.4 is 0 Å². The summed E-state index contributed by atoms with van der Waals surface area (Å²) in [7, 11) is 0. The summed E-state index contributed by atoms with van der Waals surface area (Å²) in [5.41, 5.74) is -1.17. The van der Waals surface area contributed by atoms with Crippen molar-refractivity contribution in [3.63, 3.8) is 0 Å². The van der Waals surface area contributed by atoms with Crippen LogP contribution in [0.3, 0.4) is 0 Å². The lowest BCUT2D eigenvalue weighted by Gasteiger charge is -2.39. The maximum atomic E-state index is 11.7. The highest BCUT2D eigenvalue weighted by molar-refractivity contribution is 5.75. The summed E-state index contributed by atoms with van der Waals surface area (Å²) in [6.45, 7) is 11.5. The van der Waals surface area contributed by atoms with E-state index in [-0.39, 0.29) is 5.97 Å². The van der Waals surface area contributed by atoms with E-state index >= 15 is 0 Å². The molecule has 0 atom stereocenters. The molecule has 1 rings (SSSR count). The van der Waals surface area contributed by atoms with Crippen molar-refractivity contribution in [3.05, 3.63) is 0 Å². The molecule has 0 aliphatic carbocycles. The summed E-state index contributed by atoms with van der Waals surface area (Å²) in [5.74, 6) is 0.294. The highest BCUT2D eigenvalue weighted by Gasteiger charge is 2.30. The summed E-state index contributed by atoms with van der Waals surface area (Å²) in [6.07, 6.45) is 1.95. The molecule has 0 spiro atoms. The number of esters is 1. The highest BCUT2D eigenvalue weighted by Crippen LogP contribution is 2.24. The second kappa shape index (κ2) is 5.57. The van der Waals surface area contributed by atoms with Crippen LogP contribution in [0.2, 0.25) is 0 Å². The number of piperidine rings is 1. The highest BCUT2D eigenvalue weighted by atomic mass is 16.5. The number of ether oxygens (including phenoxy) is 1. The molecule has 1 fully saturated rings. The van der Waals surface area contributed by atoms with Gasteiger partial charge in [0.15, 0.2) is 0 Å². The van der Waals surface area contributed by atoms with E-state index in [0.29, 0.717) is 12.5 Å². The monoisotopic (exact) mass is 257 g/mol. The average molecular weight is 257 g/mol. The third-order valence-corrected chi connectivity index (χ3v) is 3.45. The number of carbonyl (C=O) groups excluding carboxylic acids is 1. The Labute approximate surface area is 110 Å². The Bertz CT molecular complexity index is 280. The minimum atomic E-state index is -0.743. The fourth-order valence-electron chi connectivity index (χ4n) is 2.06. The van der Waals surface area contributed by atoms with Crippen molar-refractivity contribution in [2.45, 2.75) is 53.2 Å². The maximum absolute atomic E-state index is 11.7. The number of nitrogens with zero attached hydrogens (tertiary/aromatic N) is 1. The molecule has 1 heterocycles. The average Bonchev–Trinajstić information content (AvgIpc) is 2.24. The molecule has 0 aromatic carbocycles. The third kappa shape index (κ3) is 4.58. The summed E-state index contributed by atoms with van der Waals surface area (Å²) in [6, 6.07) is 0. The van der Waals surface area contributed by atoms with E-state index < -0.39 is 11.1 Å². The summed E-state index contributed by atoms with van der Waals surface area (Å²) >= 11 is 0. The quantitative estimate of drug-likeness (QED) is 0.786. The Kier molecular flexibility index (Phi) is 4.78. The van der Waals surface area contributed by atoms with Gasteiger partial charge < -0.3 is 9.84 Å². The van der Waals surface area contributed by atoms with Crippen LogP contribution in [0.4, 0.5) is 0 Å². The molecule has 0 aromatic rings. The predicted octanol–water partition coefficient (Wildman–Crippen LogP) is 2.02. The topological polar surface area (TPSA) is 49.8 Å². The van der Waals surface area contributed by atoms with Crippen molar-refractivity contribution in [1.29, 1.82) is 0 Å². The number of carbonyl (C=O) groups is 1. The maximum Gasteiger partial charge on any atom is 0.311 e. The Hall–Kier alpha value is -0.610. The van der Waals surface area contributed by atoms with Gasteiger partial charge in [-0.2, -0.15) is 0 Å². The second-order valence-corrected chi connectivity index (χ2v) is 6.77. The lowest BCUT2D eigenvalue weighted by Crippen LogP contribution is -2.48. The summed E-state index contributed by atoms with van der Waals surface area (Å²) in [5, 5.41) is 9.89. The van der Waals surface area contributed by atoms with Crippen molar-refractivity contribution in [2.24, 2.45) is 11.3 Å². The molecule has 1 saturated heterocycles. The fraction of sp³-hybridized carbons (Fsp3) is 0.929. The van der Waals surface area contributed by atoms with Crippen LogP contribution in [-0.4, -0.2) is 41.4 Å². The first-order valence-corrected chi connectivity index (χ1v) is 6.75. The number of likely N-dealkylation sites (tertiary alicyclic amines) is 1. The smallest absolute Gasteiger partial charge is 0.311 e. The van der Waals surface area contributed by atoms with Gasteiger partial charge in [-0.3, -0.25) is 9.69 Å². The molecule has 1 aliphatic heterocycles. The predicted molar refractivity (Wildman–Crippen MR) is 71.0 cm³/mol. The zero-order valence-corrected chi connectivity index (χ0v) is 12.3. The molecular formula is C14H27NO3. The van der Waals surface area contributed by atoms with Gasteiger partial charge in [-0.15, -0.1) is 0 Å². The van der Waals surface area contributed by atoms with E-state index in [4.69, 9.17) is 4.74 Å². The third-order valence-electron chi connectivity index (χ3n) is 3.45. The largest absolute Gasteiger partial charge is 0.465 e. The van der Waals surface area contributed by atoms with E-state index in [1.165, 1.54) is 0 Å². The molecule has 4 nitrogen and oxygen atoms in total. The molecule has 0 amide bonds. The first-order chi connectivity index (χ1) is 8.10. The Morgan fingerprint density at radius 2 is 1.72 bits per heavy atom. The normalized spacial score (nSPS) is 19.9. The number of aliphatic hydroxyl groups is 1. The first kappa shape index (κ1) is 15.4. The molecule has 106 valence electrons. The van der Waals surface area contributed by atoms with Gasteiger partial charge >= 0.3 is 5.97 Å². The van der Waals surface area contributed by atoms with Crippen LogP contribution >= 0.6 is 0 Å². The van der Waals surface area contributed by atoms with E-state index in [1.807, 2.05) is 34.6 Å². The lowest BCUT2D eigenvalue weighted by atomic mass is 9.95. The fourth-order valence-corrected chi connectivity index (χ4v) is 2.06. The first-order valence-electron chi connectivity index (χ1n) is 6.75. The Morgan fingerprint density at radius 3 is 2.11 bits per heavy atom. The van der Waals surface area contributed by atoms with Crippen LogP contribution in [0.15, 0.2) is 0 Å². The van der Waals surface area contributed by atoms with Crippen LogP contribution in [0.1, 0.15) is 47.5 Å². The van der Waals surface area contributed by atoms with Crippen molar-refractivity contribution < 1.29 is 14.6 Å². The van der Waals surface area contributed by atoms with Gasteiger partial charge in [0.25, 0.3) is 0 Å². The van der Waals surface area contributed by atoms with Gasteiger partial charge in [0.05, 0.1) is 12.0 Å². The molecule has 18 heavy (non-hydrogen) atoms. The SMILES string of the molecule is CC(C)(C)C(=O)OCC1CCN(C(C)(C)O)CC1. The molecule has 0 saturated carbocycles. The Morgan fingerprint density at radius 1 is 1.22 bits per heavy atom. The second-order valence-electron chi connectivity index (χ2n) is 6.77. The lowest BCUT2D eigenvalue weighted by molar-refractivity contribution is -0.155. The Balaban J connectivity index is 2.31. The minimum Gasteiger partial charge on any atom is -0.465 e. The number of hydrogen-bond donors (Lipinski definition) is 1. The number of hydrogen-bond acceptors (Lipinski definition) is 4. The molecule has 1 N–H and O–H groups in total. The zero-order chi connectivity index (χ0) is 14.0. The molecule has 0 aromatic heterocycles. The van der Waals surface area contributed by atoms with Crippen molar-refractivity contribution in [2.75, 3.05) is 19.7 Å². The van der Waals surface area contributed by atoms with E-state index in [9.17, 15) is 9.90 Å². The summed E-state index contributed by atoms with van der Waals surface area (Å²) < 4.78 is 5.35. The molecule has 4 heteroatoms. The van der Waals surface area contributed by atoms with Gasteiger partial charge in [-0.05, 0) is 53.4 Å².